The Labute approximate surface area is 116 Å². The van der Waals surface area contributed by atoms with E-state index in [1.807, 2.05) is 11.8 Å². The molecule has 0 saturated carbocycles. The van der Waals surface area contributed by atoms with E-state index in [1.165, 1.54) is 0 Å². The molecule has 0 aliphatic carbocycles. The summed E-state index contributed by atoms with van der Waals surface area (Å²) in [5.41, 5.74) is 0. The molecule has 1 aromatic heterocycles. The second-order valence-electron chi connectivity index (χ2n) is 4.65. The molecule has 9 nitrogen and oxygen atoms in total. The number of carbonyl (C=O) groups is 2. The van der Waals surface area contributed by atoms with Crippen molar-refractivity contribution in [1.82, 2.24) is 35.7 Å². The van der Waals surface area contributed by atoms with E-state index in [0.29, 0.717) is 39.3 Å². The molecule has 20 heavy (non-hydrogen) atoms. The Morgan fingerprint density at radius 3 is 2.65 bits per heavy atom. The molecular weight excluding hydrogens is 262 g/mol. The van der Waals surface area contributed by atoms with Gasteiger partial charge < -0.3 is 10.2 Å². The molecule has 1 aliphatic rings. The van der Waals surface area contributed by atoms with E-state index in [4.69, 9.17) is 0 Å². The fourth-order valence-corrected chi connectivity index (χ4v) is 2.03. The molecule has 110 valence electrons. The van der Waals surface area contributed by atoms with Gasteiger partial charge in [0.1, 0.15) is 0 Å². The van der Waals surface area contributed by atoms with E-state index in [0.717, 1.165) is 6.42 Å². The molecule has 0 unspecified atom stereocenters. The number of tetrazole rings is 1. The molecule has 0 aromatic carbocycles. The fraction of sp³-hybridized carbons (Fsp3) is 0.727. The maximum Gasteiger partial charge on any atom is 0.295 e. The third-order valence-electron chi connectivity index (χ3n) is 3.14. The molecule has 1 fully saturated rings. The lowest BCUT2D eigenvalue weighted by atomic mass is 10.3. The molecule has 0 radical (unpaired) electrons. The van der Waals surface area contributed by atoms with Gasteiger partial charge in [-0.2, -0.15) is 5.21 Å². The number of nitrogens with one attached hydrogen (secondary N) is 2. The lowest BCUT2D eigenvalue weighted by Crippen LogP contribution is -2.51. The third-order valence-corrected chi connectivity index (χ3v) is 3.14. The van der Waals surface area contributed by atoms with Crippen molar-refractivity contribution in [3.05, 3.63) is 5.82 Å². The van der Waals surface area contributed by atoms with Gasteiger partial charge in [-0.25, -0.2) is 0 Å². The molecule has 2 N–H and O–H groups in total. The summed E-state index contributed by atoms with van der Waals surface area (Å²) in [5.74, 6) is -0.113. The van der Waals surface area contributed by atoms with E-state index in [-0.39, 0.29) is 17.6 Å². The van der Waals surface area contributed by atoms with Gasteiger partial charge in [0.25, 0.3) is 11.7 Å². The van der Waals surface area contributed by atoms with E-state index < -0.39 is 0 Å². The third kappa shape index (κ3) is 3.73. The smallest absolute Gasteiger partial charge is 0.295 e. The topological polar surface area (TPSA) is 107 Å². The van der Waals surface area contributed by atoms with E-state index in [2.05, 4.69) is 25.9 Å². The van der Waals surface area contributed by atoms with Crippen molar-refractivity contribution in [2.75, 3.05) is 39.3 Å². The standard InChI is InChI=1S/C11H19N7O2/c1-2-3-12-9(19)8-17-4-6-18(7-5-17)11(20)10-13-15-16-14-10/h2-8H2,1H3,(H,12,19)(H,13,14,15,16). The highest BCUT2D eigenvalue weighted by Crippen LogP contribution is 2.04. The summed E-state index contributed by atoms with van der Waals surface area (Å²) in [6, 6.07) is 0. The largest absolute Gasteiger partial charge is 0.355 e. The average molecular weight is 281 g/mol. The van der Waals surface area contributed by atoms with E-state index >= 15 is 0 Å². The van der Waals surface area contributed by atoms with Crippen molar-refractivity contribution >= 4 is 11.8 Å². The first-order chi connectivity index (χ1) is 9.70. The van der Waals surface area contributed by atoms with Crippen molar-refractivity contribution in [3.63, 3.8) is 0 Å². The predicted molar refractivity (Wildman–Crippen MR) is 69.8 cm³/mol. The Morgan fingerprint density at radius 1 is 1.30 bits per heavy atom. The molecule has 1 saturated heterocycles. The van der Waals surface area contributed by atoms with Crippen LogP contribution < -0.4 is 5.32 Å². The van der Waals surface area contributed by atoms with Crippen molar-refractivity contribution in [2.45, 2.75) is 13.3 Å². The summed E-state index contributed by atoms with van der Waals surface area (Å²) < 4.78 is 0. The Hall–Kier alpha value is -2.03. The van der Waals surface area contributed by atoms with Crippen LogP contribution in [0.1, 0.15) is 24.0 Å². The van der Waals surface area contributed by atoms with Crippen LogP contribution in [0.3, 0.4) is 0 Å². The Morgan fingerprint density at radius 2 is 2.05 bits per heavy atom. The quantitative estimate of drug-likeness (QED) is 0.679. The number of nitrogens with zero attached hydrogens (tertiary/aromatic N) is 5. The van der Waals surface area contributed by atoms with Crippen LogP contribution in [0.4, 0.5) is 0 Å². The van der Waals surface area contributed by atoms with Gasteiger partial charge in [-0.1, -0.05) is 6.92 Å². The summed E-state index contributed by atoms with van der Waals surface area (Å²) in [6.07, 6.45) is 0.929. The monoisotopic (exact) mass is 281 g/mol. The highest BCUT2D eigenvalue weighted by atomic mass is 16.2. The summed E-state index contributed by atoms with van der Waals surface area (Å²) in [7, 11) is 0. The lowest BCUT2D eigenvalue weighted by molar-refractivity contribution is -0.122. The summed E-state index contributed by atoms with van der Waals surface area (Å²) >= 11 is 0. The molecule has 2 amide bonds. The molecule has 0 atom stereocenters. The molecular formula is C11H19N7O2. The molecule has 9 heteroatoms. The van der Waals surface area contributed by atoms with Gasteiger partial charge in [-0.3, -0.25) is 14.5 Å². The van der Waals surface area contributed by atoms with Crippen molar-refractivity contribution in [1.29, 1.82) is 0 Å². The van der Waals surface area contributed by atoms with Crippen LogP contribution in [0.5, 0.6) is 0 Å². The highest BCUT2D eigenvalue weighted by Gasteiger charge is 2.25. The minimum absolute atomic E-state index is 0.0322. The van der Waals surface area contributed by atoms with Crippen LogP contribution in [0.2, 0.25) is 0 Å². The number of hydrogen-bond acceptors (Lipinski definition) is 6. The maximum atomic E-state index is 12.0. The number of rotatable bonds is 5. The van der Waals surface area contributed by atoms with Crippen LogP contribution >= 0.6 is 0 Å². The van der Waals surface area contributed by atoms with Gasteiger partial charge >= 0.3 is 0 Å². The molecule has 1 aromatic rings. The zero-order valence-corrected chi connectivity index (χ0v) is 11.5. The number of aromatic nitrogens is 4. The Balaban J connectivity index is 1.75. The van der Waals surface area contributed by atoms with E-state index in [9.17, 15) is 9.59 Å². The van der Waals surface area contributed by atoms with Crippen molar-refractivity contribution in [3.8, 4) is 0 Å². The van der Waals surface area contributed by atoms with Crippen LogP contribution in [0.25, 0.3) is 0 Å². The van der Waals surface area contributed by atoms with Crippen molar-refractivity contribution < 1.29 is 9.59 Å². The SMILES string of the molecule is CCCNC(=O)CN1CCN(C(=O)c2nn[nH]n2)CC1. The molecule has 0 spiro atoms. The average Bonchev–Trinajstić information content (AvgIpc) is 2.99. The van der Waals surface area contributed by atoms with Gasteiger partial charge in [0, 0.05) is 32.7 Å². The Kier molecular flexibility index (Phi) is 4.99. The number of hydrogen-bond donors (Lipinski definition) is 2. The van der Waals surface area contributed by atoms with Gasteiger partial charge in [0.15, 0.2) is 0 Å². The van der Waals surface area contributed by atoms with Gasteiger partial charge in [-0.15, -0.1) is 10.2 Å². The number of piperazine rings is 1. The number of H-pyrrole nitrogens is 1. The van der Waals surface area contributed by atoms with Crippen LogP contribution in [0, 0.1) is 0 Å². The van der Waals surface area contributed by atoms with Crippen LogP contribution in [-0.2, 0) is 4.79 Å². The Bertz CT molecular complexity index is 440. The first-order valence-corrected chi connectivity index (χ1v) is 6.72. The zero-order valence-electron chi connectivity index (χ0n) is 11.5. The molecule has 2 heterocycles. The molecule has 0 bridgehead atoms. The summed E-state index contributed by atoms with van der Waals surface area (Å²) in [4.78, 5) is 27.3. The second kappa shape index (κ2) is 6.94. The number of carbonyl (C=O) groups excluding carboxylic acids is 2. The second-order valence-corrected chi connectivity index (χ2v) is 4.65. The maximum absolute atomic E-state index is 12.0. The first kappa shape index (κ1) is 14.4. The minimum atomic E-state index is -0.228. The number of aromatic amines is 1. The molecule has 1 aliphatic heterocycles. The van der Waals surface area contributed by atoms with Gasteiger partial charge in [0.2, 0.25) is 5.91 Å². The normalized spacial score (nSPS) is 16.1. The summed E-state index contributed by atoms with van der Waals surface area (Å²) in [5, 5.41) is 15.8. The molecule has 2 rings (SSSR count). The van der Waals surface area contributed by atoms with Crippen LogP contribution in [-0.4, -0.2) is 81.5 Å². The highest BCUT2D eigenvalue weighted by molar-refractivity contribution is 5.90. The zero-order chi connectivity index (χ0) is 14.4. The van der Waals surface area contributed by atoms with E-state index in [1.54, 1.807) is 4.90 Å². The lowest BCUT2D eigenvalue weighted by Gasteiger charge is -2.33. The van der Waals surface area contributed by atoms with Gasteiger partial charge in [-0.05, 0) is 11.6 Å². The fourth-order valence-electron chi connectivity index (χ4n) is 2.03. The van der Waals surface area contributed by atoms with Crippen molar-refractivity contribution in [2.24, 2.45) is 0 Å². The predicted octanol–water partition coefficient (Wildman–Crippen LogP) is -1.52. The summed E-state index contributed by atoms with van der Waals surface area (Å²) in [6.45, 7) is 5.57. The van der Waals surface area contributed by atoms with Crippen LogP contribution in [0.15, 0.2) is 0 Å². The van der Waals surface area contributed by atoms with Gasteiger partial charge in [0.05, 0.1) is 6.54 Å². The minimum Gasteiger partial charge on any atom is -0.355 e. The first-order valence-electron chi connectivity index (χ1n) is 6.72. The number of amides is 2.